The fraction of sp³-hybridized carbons (Fsp3) is 0.600. The number of pyridine rings is 1. The summed E-state index contributed by atoms with van der Waals surface area (Å²) in [5, 5.41) is 2.99. The van der Waals surface area contributed by atoms with E-state index in [1.54, 1.807) is 6.20 Å². The SMILES string of the molecule is CC1(C)[C@]2(C(=O)Nc3ccccn3)CC[C@@]1(C(Br)Br)[C@H]2Br. The van der Waals surface area contributed by atoms with Crippen LogP contribution in [-0.2, 0) is 4.79 Å². The molecule has 1 heterocycles. The normalized spacial score (nSPS) is 36.4. The third kappa shape index (κ3) is 1.75. The van der Waals surface area contributed by atoms with Crippen LogP contribution in [0.1, 0.15) is 26.7 Å². The molecule has 21 heavy (non-hydrogen) atoms. The van der Waals surface area contributed by atoms with Gasteiger partial charge in [0.25, 0.3) is 0 Å². The average Bonchev–Trinajstić information content (AvgIpc) is 2.89. The van der Waals surface area contributed by atoms with Gasteiger partial charge in [0.1, 0.15) is 5.82 Å². The first-order valence-electron chi connectivity index (χ1n) is 6.95. The number of hydrogen-bond donors (Lipinski definition) is 1. The number of alkyl halides is 3. The van der Waals surface area contributed by atoms with Gasteiger partial charge in [0.05, 0.1) is 9.15 Å². The van der Waals surface area contributed by atoms with Crippen molar-refractivity contribution in [2.24, 2.45) is 16.2 Å². The van der Waals surface area contributed by atoms with Crippen molar-refractivity contribution < 1.29 is 4.79 Å². The lowest BCUT2D eigenvalue weighted by molar-refractivity contribution is -0.155. The minimum Gasteiger partial charge on any atom is -0.310 e. The highest BCUT2D eigenvalue weighted by molar-refractivity contribution is 9.24. The van der Waals surface area contributed by atoms with Crippen molar-refractivity contribution in [1.29, 1.82) is 0 Å². The first-order chi connectivity index (χ1) is 9.80. The van der Waals surface area contributed by atoms with Crippen molar-refractivity contribution in [3.05, 3.63) is 24.4 Å². The minimum absolute atomic E-state index is 0.0501. The van der Waals surface area contributed by atoms with E-state index in [0.717, 1.165) is 12.8 Å². The number of rotatable bonds is 3. The molecule has 1 aromatic rings. The molecule has 3 aliphatic carbocycles. The number of nitrogens with one attached hydrogen (secondary N) is 1. The number of hydrogen-bond acceptors (Lipinski definition) is 2. The van der Waals surface area contributed by atoms with Gasteiger partial charge < -0.3 is 5.32 Å². The van der Waals surface area contributed by atoms with Crippen LogP contribution in [0.2, 0.25) is 0 Å². The number of carbonyl (C=O) groups excluding carboxylic acids is 1. The van der Waals surface area contributed by atoms with Crippen molar-refractivity contribution in [3.63, 3.8) is 0 Å². The zero-order valence-electron chi connectivity index (χ0n) is 11.9. The number of anilines is 1. The van der Waals surface area contributed by atoms with Crippen LogP contribution in [0.5, 0.6) is 0 Å². The Bertz CT molecular complexity index is 578. The summed E-state index contributed by atoms with van der Waals surface area (Å²) >= 11 is 11.2. The van der Waals surface area contributed by atoms with Gasteiger partial charge in [-0.25, -0.2) is 4.98 Å². The number of aromatic nitrogens is 1. The van der Waals surface area contributed by atoms with Crippen molar-refractivity contribution in [3.8, 4) is 0 Å². The molecule has 1 aromatic heterocycles. The monoisotopic (exact) mass is 478 g/mol. The molecule has 1 amide bonds. The summed E-state index contributed by atoms with van der Waals surface area (Å²) in [4.78, 5) is 17.3. The van der Waals surface area contributed by atoms with Gasteiger partial charge in [-0.1, -0.05) is 67.7 Å². The summed E-state index contributed by atoms with van der Waals surface area (Å²) in [6.07, 6.45) is 3.60. The number of nitrogens with zero attached hydrogens (tertiary/aromatic N) is 1. The van der Waals surface area contributed by atoms with Gasteiger partial charge in [0.15, 0.2) is 0 Å². The molecule has 3 fully saturated rings. The summed E-state index contributed by atoms with van der Waals surface area (Å²) in [5.74, 6) is 0.688. The molecule has 0 radical (unpaired) electrons. The Balaban J connectivity index is 1.91. The maximum Gasteiger partial charge on any atom is 0.233 e. The highest BCUT2D eigenvalue weighted by atomic mass is 79.9. The highest BCUT2D eigenvalue weighted by Crippen LogP contribution is 2.82. The summed E-state index contributed by atoms with van der Waals surface area (Å²) < 4.78 is 0.190. The second kappa shape index (κ2) is 5.03. The largest absolute Gasteiger partial charge is 0.310 e. The van der Waals surface area contributed by atoms with E-state index in [4.69, 9.17) is 0 Å². The van der Waals surface area contributed by atoms with Crippen molar-refractivity contribution >= 4 is 59.5 Å². The molecular weight excluding hydrogens is 464 g/mol. The van der Waals surface area contributed by atoms with Gasteiger partial charge in [-0.15, -0.1) is 0 Å². The molecule has 0 spiro atoms. The molecule has 1 N–H and O–H groups in total. The standard InChI is InChI=1S/C15H17Br3N2O/c1-13(2)14(11(17)18)6-7-15(13,10(14)16)12(21)20-9-5-3-4-8-19-9/h3-5,8,10-11H,6-7H2,1-2H3,(H,19,20,21)/t10-,14+,15-/m1/s1. The third-order valence-corrected chi connectivity index (χ3v) is 9.03. The van der Waals surface area contributed by atoms with Crippen LogP contribution < -0.4 is 5.32 Å². The average molecular weight is 481 g/mol. The number of fused-ring (bicyclic) bond motifs is 1. The fourth-order valence-corrected chi connectivity index (χ4v) is 9.28. The molecule has 0 unspecified atom stereocenters. The fourth-order valence-electron chi connectivity index (χ4n) is 4.36. The zero-order valence-corrected chi connectivity index (χ0v) is 16.6. The molecular formula is C15H17Br3N2O. The molecule has 3 saturated carbocycles. The van der Waals surface area contributed by atoms with E-state index >= 15 is 0 Å². The second-order valence-corrected chi connectivity index (χ2v) is 10.4. The van der Waals surface area contributed by atoms with E-state index in [0.29, 0.717) is 5.82 Å². The molecule has 3 nitrogen and oxygen atoms in total. The maximum absolute atomic E-state index is 13.0. The molecule has 3 aliphatic rings. The van der Waals surface area contributed by atoms with Gasteiger partial charge in [-0.05, 0) is 30.4 Å². The molecule has 6 heteroatoms. The molecule has 4 rings (SSSR count). The second-order valence-electron chi connectivity index (χ2n) is 6.47. The van der Waals surface area contributed by atoms with Crippen LogP contribution in [0.15, 0.2) is 24.4 Å². The van der Waals surface area contributed by atoms with Crippen LogP contribution in [-0.4, -0.2) is 19.5 Å². The summed E-state index contributed by atoms with van der Waals surface area (Å²) in [6, 6.07) is 5.54. The lowest BCUT2D eigenvalue weighted by Crippen LogP contribution is -2.71. The van der Waals surface area contributed by atoms with E-state index in [-0.39, 0.29) is 30.7 Å². The predicted molar refractivity (Wildman–Crippen MR) is 95.1 cm³/mol. The molecule has 114 valence electrons. The number of carbonyl (C=O) groups is 1. The Labute approximate surface area is 150 Å². The van der Waals surface area contributed by atoms with Crippen LogP contribution in [0.25, 0.3) is 0 Å². The Hall–Kier alpha value is 0.0600. The Morgan fingerprint density at radius 2 is 2.10 bits per heavy atom. The van der Waals surface area contributed by atoms with Crippen molar-refractivity contribution in [2.75, 3.05) is 5.32 Å². The van der Waals surface area contributed by atoms with Crippen LogP contribution in [0, 0.1) is 16.2 Å². The van der Waals surface area contributed by atoms with Gasteiger partial charge >= 0.3 is 0 Å². The van der Waals surface area contributed by atoms with Crippen LogP contribution in [0.4, 0.5) is 5.82 Å². The first kappa shape index (κ1) is 15.9. The van der Waals surface area contributed by atoms with Crippen LogP contribution in [0.3, 0.4) is 0 Å². The molecule has 0 saturated heterocycles. The molecule has 0 aliphatic heterocycles. The number of amides is 1. The number of halogens is 3. The van der Waals surface area contributed by atoms with E-state index < -0.39 is 0 Å². The molecule has 0 aromatic carbocycles. The first-order valence-corrected chi connectivity index (χ1v) is 9.70. The lowest BCUT2D eigenvalue weighted by Gasteiger charge is -2.66. The van der Waals surface area contributed by atoms with Crippen LogP contribution >= 0.6 is 47.8 Å². The Morgan fingerprint density at radius 1 is 1.38 bits per heavy atom. The van der Waals surface area contributed by atoms with E-state index in [1.165, 1.54) is 0 Å². The predicted octanol–water partition coefficient (Wildman–Crippen LogP) is 4.71. The van der Waals surface area contributed by atoms with Crippen molar-refractivity contribution in [2.45, 2.75) is 35.3 Å². The van der Waals surface area contributed by atoms with Crippen molar-refractivity contribution in [1.82, 2.24) is 4.98 Å². The maximum atomic E-state index is 13.0. The Morgan fingerprint density at radius 3 is 2.57 bits per heavy atom. The third-order valence-electron chi connectivity index (χ3n) is 5.80. The molecule has 3 atom stereocenters. The summed E-state index contributed by atoms with van der Waals surface area (Å²) in [6.45, 7) is 4.40. The smallest absolute Gasteiger partial charge is 0.233 e. The minimum atomic E-state index is -0.385. The highest BCUT2D eigenvalue weighted by Gasteiger charge is 2.83. The molecule has 2 bridgehead atoms. The van der Waals surface area contributed by atoms with Gasteiger partial charge in [-0.3, -0.25) is 4.79 Å². The topological polar surface area (TPSA) is 42.0 Å². The summed E-state index contributed by atoms with van der Waals surface area (Å²) in [5.41, 5.74) is -0.427. The lowest BCUT2D eigenvalue weighted by atomic mass is 9.43. The van der Waals surface area contributed by atoms with Gasteiger partial charge in [0.2, 0.25) is 5.91 Å². The van der Waals surface area contributed by atoms with E-state index in [9.17, 15) is 4.79 Å². The summed E-state index contributed by atoms with van der Waals surface area (Å²) in [7, 11) is 0. The van der Waals surface area contributed by atoms with E-state index in [1.807, 2.05) is 18.2 Å². The van der Waals surface area contributed by atoms with Gasteiger partial charge in [0, 0.05) is 16.4 Å². The quantitative estimate of drug-likeness (QED) is 0.637. The van der Waals surface area contributed by atoms with E-state index in [2.05, 4.69) is 71.9 Å². The Kier molecular flexibility index (Phi) is 3.82. The zero-order chi connectivity index (χ0) is 15.5. The van der Waals surface area contributed by atoms with Gasteiger partial charge in [-0.2, -0.15) is 0 Å².